The van der Waals surface area contributed by atoms with Gasteiger partial charge in [0.15, 0.2) is 0 Å². The summed E-state index contributed by atoms with van der Waals surface area (Å²) in [5.74, 6) is 1.01. The van der Waals surface area contributed by atoms with Gasteiger partial charge >= 0.3 is 12.3 Å². The number of nitrogens with one attached hydrogen (secondary N) is 2. The minimum atomic E-state index is -4.39. The maximum absolute atomic E-state index is 12.9. The van der Waals surface area contributed by atoms with Crippen LogP contribution in [0.2, 0.25) is 0 Å². The number of rotatable bonds is 4. The number of alkyl halides is 3. The highest BCUT2D eigenvalue weighted by Crippen LogP contribution is 2.37. The van der Waals surface area contributed by atoms with Gasteiger partial charge < -0.3 is 15.4 Å². The van der Waals surface area contributed by atoms with E-state index in [2.05, 4.69) is 20.8 Å². The number of alkyl carbamates (subject to hydrolysis) is 1. The Morgan fingerprint density at radius 3 is 2.59 bits per heavy atom. The quantitative estimate of drug-likeness (QED) is 0.794. The zero-order valence-corrected chi connectivity index (χ0v) is 15.6. The number of ether oxygens (including phenoxy) is 1. The van der Waals surface area contributed by atoms with Crippen LogP contribution in [-0.2, 0) is 10.9 Å². The predicted octanol–water partition coefficient (Wildman–Crippen LogP) is 4.24. The van der Waals surface area contributed by atoms with Crippen LogP contribution in [0.25, 0.3) is 11.3 Å². The van der Waals surface area contributed by atoms with E-state index in [1.54, 1.807) is 18.2 Å². The lowest BCUT2D eigenvalue weighted by atomic mass is 9.79. The topological polar surface area (TPSA) is 76.1 Å². The van der Waals surface area contributed by atoms with E-state index in [-0.39, 0.29) is 11.7 Å². The van der Waals surface area contributed by atoms with Crippen molar-refractivity contribution in [2.45, 2.75) is 37.5 Å². The molecule has 29 heavy (non-hydrogen) atoms. The van der Waals surface area contributed by atoms with Crippen LogP contribution in [-0.4, -0.2) is 35.0 Å². The number of amides is 1. The van der Waals surface area contributed by atoms with Gasteiger partial charge in [-0.05, 0) is 55.9 Å². The van der Waals surface area contributed by atoms with Crippen molar-refractivity contribution < 1.29 is 22.7 Å². The zero-order chi connectivity index (χ0) is 20.5. The summed E-state index contributed by atoms with van der Waals surface area (Å²) in [5, 5.41) is 14.1. The first-order chi connectivity index (χ1) is 13.8. The molecule has 0 unspecified atom stereocenters. The minimum absolute atomic E-state index is 0.335. The Labute approximate surface area is 165 Å². The molecule has 0 radical (unpaired) electrons. The largest absolute Gasteiger partial charge is 0.441 e. The van der Waals surface area contributed by atoms with Crippen molar-refractivity contribution in [3.8, 4) is 11.3 Å². The summed E-state index contributed by atoms with van der Waals surface area (Å²) in [6.45, 7) is 1.30. The van der Waals surface area contributed by atoms with Crippen molar-refractivity contribution in [2.24, 2.45) is 5.92 Å². The first-order valence-electron chi connectivity index (χ1n) is 9.55. The first kappa shape index (κ1) is 19.5. The summed E-state index contributed by atoms with van der Waals surface area (Å²) in [5.41, 5.74) is -0.301. The summed E-state index contributed by atoms with van der Waals surface area (Å²) in [6.07, 6.45) is -1.18. The second-order valence-corrected chi connectivity index (χ2v) is 7.63. The van der Waals surface area contributed by atoms with Crippen molar-refractivity contribution in [3.05, 3.63) is 42.0 Å². The summed E-state index contributed by atoms with van der Waals surface area (Å²) >= 11 is 0. The standard InChI is InChI=1S/C20H21F3N4O2/c21-20(22,23)15-3-1-2-14(10-15)16-4-5-17(27-26-16)24-11-13-6-8-19(9-7-13)12-25-18(28)29-19/h1-5,10,13H,6-9,11-12H2,(H,24,27)(H,25,28). The van der Waals surface area contributed by atoms with Crippen molar-refractivity contribution in [2.75, 3.05) is 18.4 Å². The Hall–Kier alpha value is -2.84. The first-order valence-corrected chi connectivity index (χ1v) is 9.55. The summed E-state index contributed by atoms with van der Waals surface area (Å²) < 4.78 is 44.0. The fourth-order valence-electron chi connectivity index (χ4n) is 3.87. The average molecular weight is 406 g/mol. The number of nitrogens with zero attached hydrogens (tertiary/aromatic N) is 2. The molecular weight excluding hydrogens is 385 g/mol. The lowest BCUT2D eigenvalue weighted by molar-refractivity contribution is -0.137. The minimum Gasteiger partial charge on any atom is -0.441 e. The molecule has 2 N–H and O–H groups in total. The van der Waals surface area contributed by atoms with E-state index in [9.17, 15) is 18.0 Å². The number of hydrogen-bond donors (Lipinski definition) is 2. The molecule has 0 atom stereocenters. The van der Waals surface area contributed by atoms with Crippen LogP contribution in [0.4, 0.5) is 23.8 Å². The molecule has 2 aliphatic rings. The second kappa shape index (κ2) is 7.53. The van der Waals surface area contributed by atoms with Gasteiger partial charge in [0.05, 0.1) is 17.8 Å². The highest BCUT2D eigenvalue weighted by molar-refractivity contribution is 5.70. The van der Waals surface area contributed by atoms with E-state index in [1.807, 2.05) is 0 Å². The summed E-state index contributed by atoms with van der Waals surface area (Å²) in [4.78, 5) is 11.3. The smallest absolute Gasteiger partial charge is 0.416 e. The van der Waals surface area contributed by atoms with Gasteiger partial charge in [-0.3, -0.25) is 0 Å². The third-order valence-electron chi connectivity index (χ3n) is 5.60. The van der Waals surface area contributed by atoms with Crippen LogP contribution in [0, 0.1) is 5.92 Å². The van der Waals surface area contributed by atoms with Crippen LogP contribution < -0.4 is 10.6 Å². The number of hydrogen-bond acceptors (Lipinski definition) is 5. The SMILES string of the molecule is O=C1NCC2(CCC(CNc3ccc(-c4cccc(C(F)(F)F)c4)nn3)CC2)O1. The van der Waals surface area contributed by atoms with Crippen molar-refractivity contribution in [1.82, 2.24) is 15.5 Å². The molecule has 1 spiro atoms. The molecule has 0 bridgehead atoms. The Bertz CT molecular complexity index is 878. The zero-order valence-electron chi connectivity index (χ0n) is 15.6. The third-order valence-corrected chi connectivity index (χ3v) is 5.60. The third kappa shape index (κ3) is 4.44. The van der Waals surface area contributed by atoms with Crippen molar-refractivity contribution in [1.29, 1.82) is 0 Å². The maximum atomic E-state index is 12.9. The van der Waals surface area contributed by atoms with E-state index in [0.29, 0.717) is 29.5 Å². The lowest BCUT2D eigenvalue weighted by Gasteiger charge is -2.34. The van der Waals surface area contributed by atoms with E-state index < -0.39 is 11.7 Å². The molecule has 1 saturated heterocycles. The Morgan fingerprint density at radius 1 is 1.17 bits per heavy atom. The van der Waals surface area contributed by atoms with Crippen LogP contribution in [0.1, 0.15) is 31.2 Å². The number of halogens is 3. The van der Waals surface area contributed by atoms with Gasteiger partial charge in [0, 0.05) is 12.1 Å². The van der Waals surface area contributed by atoms with Gasteiger partial charge in [-0.25, -0.2) is 4.79 Å². The molecule has 6 nitrogen and oxygen atoms in total. The van der Waals surface area contributed by atoms with Gasteiger partial charge in [-0.2, -0.15) is 13.2 Å². The lowest BCUT2D eigenvalue weighted by Crippen LogP contribution is -2.39. The molecule has 9 heteroatoms. The molecule has 4 rings (SSSR count). The Kier molecular flexibility index (Phi) is 5.06. The van der Waals surface area contributed by atoms with Crippen LogP contribution in [0.3, 0.4) is 0 Å². The number of anilines is 1. The van der Waals surface area contributed by atoms with Crippen molar-refractivity contribution >= 4 is 11.9 Å². The van der Waals surface area contributed by atoms with E-state index in [4.69, 9.17) is 4.74 Å². The molecule has 1 aromatic heterocycles. The molecule has 1 saturated carbocycles. The summed E-state index contributed by atoms with van der Waals surface area (Å²) in [7, 11) is 0. The maximum Gasteiger partial charge on any atom is 0.416 e. The van der Waals surface area contributed by atoms with Crippen molar-refractivity contribution in [3.63, 3.8) is 0 Å². The van der Waals surface area contributed by atoms with Gasteiger partial charge in [0.1, 0.15) is 11.4 Å². The fourth-order valence-corrected chi connectivity index (χ4v) is 3.87. The highest BCUT2D eigenvalue weighted by atomic mass is 19.4. The van der Waals surface area contributed by atoms with E-state index >= 15 is 0 Å². The monoisotopic (exact) mass is 406 g/mol. The normalized spacial score (nSPS) is 24.2. The van der Waals surface area contributed by atoms with Gasteiger partial charge in [-0.15, -0.1) is 10.2 Å². The number of carbonyl (C=O) groups is 1. The molecule has 1 aliphatic heterocycles. The molecule has 1 aromatic carbocycles. The molecule has 2 aromatic rings. The Morgan fingerprint density at radius 2 is 1.97 bits per heavy atom. The molecule has 1 aliphatic carbocycles. The number of benzene rings is 1. The van der Waals surface area contributed by atoms with Gasteiger partial charge in [-0.1, -0.05) is 12.1 Å². The molecule has 2 fully saturated rings. The van der Waals surface area contributed by atoms with Gasteiger partial charge in [0.2, 0.25) is 0 Å². The highest BCUT2D eigenvalue weighted by Gasteiger charge is 2.43. The van der Waals surface area contributed by atoms with Crippen LogP contribution in [0.5, 0.6) is 0 Å². The average Bonchev–Trinajstić information content (AvgIpc) is 3.08. The van der Waals surface area contributed by atoms with E-state index in [1.165, 1.54) is 6.07 Å². The molecule has 1 amide bonds. The number of aromatic nitrogens is 2. The van der Waals surface area contributed by atoms with Gasteiger partial charge in [0.25, 0.3) is 0 Å². The van der Waals surface area contributed by atoms with E-state index in [0.717, 1.165) is 44.4 Å². The Balaban J connectivity index is 1.32. The fraction of sp³-hybridized carbons (Fsp3) is 0.450. The van der Waals surface area contributed by atoms with Crippen LogP contribution >= 0.6 is 0 Å². The second-order valence-electron chi connectivity index (χ2n) is 7.63. The summed E-state index contributed by atoms with van der Waals surface area (Å²) in [6, 6.07) is 8.41. The molecule has 2 heterocycles. The predicted molar refractivity (Wildman–Crippen MR) is 100 cm³/mol. The molecule has 154 valence electrons. The molecular formula is C20H21F3N4O2. The van der Waals surface area contributed by atoms with Crippen LogP contribution in [0.15, 0.2) is 36.4 Å². The number of carbonyl (C=O) groups excluding carboxylic acids is 1.